The summed E-state index contributed by atoms with van der Waals surface area (Å²) in [6.45, 7) is 2.34. The van der Waals surface area contributed by atoms with Gasteiger partial charge < -0.3 is 4.74 Å². The number of nitrogens with zero attached hydrogens (tertiary/aromatic N) is 1. The number of alkyl halides is 1. The molecule has 5 nitrogen and oxygen atoms in total. The fraction of sp³-hybridized carbons (Fsp3) is 0.278. The first-order valence-corrected chi connectivity index (χ1v) is 8.75. The average Bonchev–Trinajstić information content (AvgIpc) is 2.60. The summed E-state index contributed by atoms with van der Waals surface area (Å²) in [4.78, 5) is 22.3. The van der Waals surface area contributed by atoms with Gasteiger partial charge in [-0.1, -0.05) is 35.3 Å². The van der Waals surface area contributed by atoms with E-state index >= 15 is 0 Å². The van der Waals surface area contributed by atoms with Crippen molar-refractivity contribution in [1.29, 1.82) is 0 Å². The predicted molar refractivity (Wildman–Crippen MR) is 96.0 cm³/mol. The van der Waals surface area contributed by atoms with Gasteiger partial charge in [0.1, 0.15) is 12.4 Å². The van der Waals surface area contributed by atoms with Crippen molar-refractivity contribution in [1.82, 2.24) is 0 Å². The molecule has 0 spiro atoms. The molecule has 126 valence electrons. The Bertz CT molecular complexity index is 728. The van der Waals surface area contributed by atoms with Crippen LogP contribution in [-0.4, -0.2) is 16.0 Å². The zero-order chi connectivity index (χ0) is 17.5. The highest BCUT2D eigenvalue weighted by Gasteiger charge is 2.13. The Hall–Kier alpha value is -2.21. The van der Waals surface area contributed by atoms with Crippen LogP contribution in [0.2, 0.25) is 0 Å². The van der Waals surface area contributed by atoms with Crippen molar-refractivity contribution in [2.75, 3.05) is 5.33 Å². The average molecular weight is 392 g/mol. The maximum absolute atomic E-state index is 12.0. The molecule has 24 heavy (non-hydrogen) atoms. The van der Waals surface area contributed by atoms with Gasteiger partial charge in [0.05, 0.1) is 15.8 Å². The molecule has 0 bridgehead atoms. The lowest BCUT2D eigenvalue weighted by atomic mass is 10.0. The minimum Gasteiger partial charge on any atom is -0.488 e. The van der Waals surface area contributed by atoms with Crippen LogP contribution in [0.3, 0.4) is 0 Å². The minimum atomic E-state index is -0.439. The second kappa shape index (κ2) is 8.59. The molecular weight excluding hydrogens is 374 g/mol. The van der Waals surface area contributed by atoms with E-state index in [1.165, 1.54) is 12.1 Å². The molecule has 0 aliphatic heterocycles. The standard InChI is InChI=1S/C18H18BrNO4/c1-2-3-13-6-9-16(17(21)11-19)18(10-13)24-12-14-4-7-15(8-5-14)20(22)23/h4-10H,2-3,11-12H2,1H3. The van der Waals surface area contributed by atoms with Crippen LogP contribution >= 0.6 is 15.9 Å². The summed E-state index contributed by atoms with van der Waals surface area (Å²) in [5.74, 6) is 0.500. The first kappa shape index (κ1) is 18.1. The van der Waals surface area contributed by atoms with Crippen molar-refractivity contribution in [2.24, 2.45) is 0 Å². The molecular formula is C18H18BrNO4. The Morgan fingerprint density at radius 3 is 2.42 bits per heavy atom. The monoisotopic (exact) mass is 391 g/mol. The second-order valence-electron chi connectivity index (χ2n) is 5.35. The van der Waals surface area contributed by atoms with Crippen molar-refractivity contribution in [2.45, 2.75) is 26.4 Å². The molecule has 0 fully saturated rings. The summed E-state index contributed by atoms with van der Waals surface area (Å²) >= 11 is 3.18. The zero-order valence-corrected chi connectivity index (χ0v) is 14.9. The third-order valence-corrected chi connectivity index (χ3v) is 4.06. The quantitative estimate of drug-likeness (QED) is 0.283. The van der Waals surface area contributed by atoms with Gasteiger partial charge in [-0.15, -0.1) is 0 Å². The number of ether oxygens (including phenoxy) is 1. The van der Waals surface area contributed by atoms with E-state index in [9.17, 15) is 14.9 Å². The molecule has 0 N–H and O–H groups in total. The van der Waals surface area contributed by atoms with Gasteiger partial charge in [-0.25, -0.2) is 0 Å². The van der Waals surface area contributed by atoms with Crippen molar-refractivity contribution in [3.63, 3.8) is 0 Å². The lowest BCUT2D eigenvalue weighted by Crippen LogP contribution is -2.06. The lowest BCUT2D eigenvalue weighted by molar-refractivity contribution is -0.384. The van der Waals surface area contributed by atoms with Crippen LogP contribution in [0.4, 0.5) is 5.69 Å². The van der Waals surface area contributed by atoms with Crippen LogP contribution in [0.1, 0.15) is 34.8 Å². The van der Waals surface area contributed by atoms with Crippen LogP contribution in [0.5, 0.6) is 5.75 Å². The second-order valence-corrected chi connectivity index (χ2v) is 5.91. The molecule has 0 radical (unpaired) electrons. The minimum absolute atomic E-state index is 0.0406. The van der Waals surface area contributed by atoms with Crippen LogP contribution in [0.15, 0.2) is 42.5 Å². The Morgan fingerprint density at radius 2 is 1.83 bits per heavy atom. The normalized spacial score (nSPS) is 10.4. The number of aryl methyl sites for hydroxylation is 1. The Morgan fingerprint density at radius 1 is 1.17 bits per heavy atom. The van der Waals surface area contributed by atoms with Gasteiger partial charge in [-0.05, 0) is 41.8 Å². The molecule has 0 saturated carbocycles. The molecule has 6 heteroatoms. The summed E-state index contributed by atoms with van der Waals surface area (Å²) in [7, 11) is 0. The summed E-state index contributed by atoms with van der Waals surface area (Å²) in [6, 6.07) is 11.8. The Balaban J connectivity index is 2.18. The van der Waals surface area contributed by atoms with Gasteiger partial charge >= 0.3 is 0 Å². The van der Waals surface area contributed by atoms with E-state index in [-0.39, 0.29) is 23.4 Å². The van der Waals surface area contributed by atoms with E-state index in [2.05, 4.69) is 22.9 Å². The number of non-ortho nitro benzene ring substituents is 1. The molecule has 0 aliphatic rings. The van der Waals surface area contributed by atoms with E-state index < -0.39 is 4.92 Å². The molecule has 0 aromatic heterocycles. The largest absolute Gasteiger partial charge is 0.488 e. The zero-order valence-electron chi connectivity index (χ0n) is 13.3. The maximum Gasteiger partial charge on any atom is 0.269 e. The number of nitro groups is 1. The molecule has 0 amide bonds. The van der Waals surface area contributed by atoms with Crippen molar-refractivity contribution in [3.05, 3.63) is 69.3 Å². The van der Waals surface area contributed by atoms with Crippen molar-refractivity contribution >= 4 is 27.4 Å². The smallest absolute Gasteiger partial charge is 0.269 e. The number of hydrogen-bond acceptors (Lipinski definition) is 4. The molecule has 2 aromatic carbocycles. The third kappa shape index (κ3) is 4.64. The molecule has 0 unspecified atom stereocenters. The first-order chi connectivity index (χ1) is 11.5. The first-order valence-electron chi connectivity index (χ1n) is 7.63. The summed E-state index contributed by atoms with van der Waals surface area (Å²) in [5, 5.41) is 10.9. The fourth-order valence-corrected chi connectivity index (χ4v) is 2.61. The molecule has 0 atom stereocenters. The number of halogens is 1. The molecule has 0 aliphatic carbocycles. The van der Waals surface area contributed by atoms with Gasteiger partial charge in [-0.2, -0.15) is 0 Å². The van der Waals surface area contributed by atoms with E-state index in [1.54, 1.807) is 18.2 Å². The molecule has 0 heterocycles. The highest BCUT2D eigenvalue weighted by molar-refractivity contribution is 9.09. The summed E-state index contributed by atoms with van der Waals surface area (Å²) in [5.41, 5.74) is 2.49. The van der Waals surface area contributed by atoms with Crippen LogP contribution < -0.4 is 4.74 Å². The number of hydrogen-bond donors (Lipinski definition) is 0. The number of ketones is 1. The van der Waals surface area contributed by atoms with Gasteiger partial charge in [0.25, 0.3) is 5.69 Å². The SMILES string of the molecule is CCCc1ccc(C(=O)CBr)c(OCc2ccc([N+](=O)[O-])cc2)c1. The van der Waals surface area contributed by atoms with E-state index in [1.807, 2.05) is 12.1 Å². The fourth-order valence-electron chi connectivity index (χ4n) is 2.31. The third-order valence-electron chi connectivity index (χ3n) is 3.55. The molecule has 2 rings (SSSR count). The van der Waals surface area contributed by atoms with Gasteiger partial charge in [0.2, 0.25) is 0 Å². The predicted octanol–water partition coefficient (Wildman–Crippen LogP) is 4.70. The number of carbonyl (C=O) groups excluding carboxylic acids is 1. The lowest BCUT2D eigenvalue weighted by Gasteiger charge is -2.12. The topological polar surface area (TPSA) is 69.4 Å². The highest BCUT2D eigenvalue weighted by atomic mass is 79.9. The van der Waals surface area contributed by atoms with E-state index in [4.69, 9.17) is 4.74 Å². The van der Waals surface area contributed by atoms with Gasteiger partial charge in [0, 0.05) is 12.1 Å². The maximum atomic E-state index is 12.0. The number of nitro benzene ring substituents is 1. The Labute approximate surface area is 148 Å². The van der Waals surface area contributed by atoms with Gasteiger partial charge in [0.15, 0.2) is 5.78 Å². The molecule has 0 saturated heterocycles. The van der Waals surface area contributed by atoms with E-state index in [0.717, 1.165) is 24.0 Å². The number of Topliss-reactive ketones (excluding diaryl/α,β-unsaturated/α-hetero) is 1. The van der Waals surface area contributed by atoms with Crippen molar-refractivity contribution < 1.29 is 14.5 Å². The van der Waals surface area contributed by atoms with E-state index in [0.29, 0.717) is 11.3 Å². The Kier molecular flexibility index (Phi) is 6.49. The number of carbonyl (C=O) groups is 1. The molecule has 2 aromatic rings. The summed E-state index contributed by atoms with van der Waals surface area (Å²) < 4.78 is 5.82. The van der Waals surface area contributed by atoms with Crippen LogP contribution in [0.25, 0.3) is 0 Å². The number of rotatable bonds is 8. The highest BCUT2D eigenvalue weighted by Crippen LogP contribution is 2.24. The summed E-state index contributed by atoms with van der Waals surface area (Å²) in [6.07, 6.45) is 1.92. The van der Waals surface area contributed by atoms with Crippen LogP contribution in [-0.2, 0) is 13.0 Å². The van der Waals surface area contributed by atoms with Crippen molar-refractivity contribution in [3.8, 4) is 5.75 Å². The van der Waals surface area contributed by atoms with Gasteiger partial charge in [-0.3, -0.25) is 14.9 Å². The number of benzene rings is 2. The van der Waals surface area contributed by atoms with Crippen LogP contribution in [0, 0.1) is 10.1 Å².